The van der Waals surface area contributed by atoms with E-state index in [1.807, 2.05) is 6.07 Å². The number of methoxy groups -OCH3 is 1. The molecular formula is C22H22ClN3O5. The minimum atomic E-state index is -0.955. The predicted octanol–water partition coefficient (Wildman–Crippen LogP) is 3.16. The fourth-order valence-electron chi connectivity index (χ4n) is 2.59. The molecule has 0 fully saturated rings. The highest BCUT2D eigenvalue weighted by atomic mass is 35.5. The number of carbonyl (C=O) groups excluding carboxylic acids is 3. The van der Waals surface area contributed by atoms with Crippen LogP contribution in [-0.4, -0.2) is 37.5 Å². The van der Waals surface area contributed by atoms with Crippen LogP contribution in [0.5, 0.6) is 5.75 Å². The Bertz CT molecular complexity index is 999. The van der Waals surface area contributed by atoms with Crippen molar-refractivity contribution in [2.24, 2.45) is 5.92 Å². The lowest BCUT2D eigenvalue weighted by atomic mass is 10.0. The number of hydrogen-bond donors (Lipinski definition) is 2. The zero-order valence-electron chi connectivity index (χ0n) is 17.3. The normalized spacial score (nSPS) is 11.2. The molecule has 1 atom stereocenters. The molecular weight excluding hydrogens is 422 g/mol. The van der Waals surface area contributed by atoms with Gasteiger partial charge in [-0.05, 0) is 48.4 Å². The van der Waals surface area contributed by atoms with E-state index >= 15 is 0 Å². The number of nitrogens with one attached hydrogen (secondary N) is 2. The van der Waals surface area contributed by atoms with Crippen molar-refractivity contribution in [2.45, 2.75) is 19.9 Å². The summed E-state index contributed by atoms with van der Waals surface area (Å²) in [7, 11) is 1.52. The van der Waals surface area contributed by atoms with Gasteiger partial charge in [0, 0.05) is 10.6 Å². The van der Waals surface area contributed by atoms with E-state index in [1.165, 1.54) is 25.3 Å². The first-order valence-electron chi connectivity index (χ1n) is 9.36. The number of anilines is 1. The van der Waals surface area contributed by atoms with E-state index in [0.717, 1.165) is 0 Å². The molecule has 0 aliphatic carbocycles. The minimum absolute atomic E-state index is 0.212. The topological polar surface area (TPSA) is 118 Å². The van der Waals surface area contributed by atoms with E-state index in [4.69, 9.17) is 26.3 Å². The van der Waals surface area contributed by atoms with Crippen molar-refractivity contribution in [2.75, 3.05) is 19.0 Å². The highest BCUT2D eigenvalue weighted by Gasteiger charge is 2.27. The molecule has 0 aromatic heterocycles. The summed E-state index contributed by atoms with van der Waals surface area (Å²) in [6.07, 6.45) is 0. The molecule has 2 aromatic rings. The van der Waals surface area contributed by atoms with Crippen LogP contribution >= 0.6 is 11.6 Å². The van der Waals surface area contributed by atoms with Gasteiger partial charge in [-0.2, -0.15) is 5.26 Å². The lowest BCUT2D eigenvalue weighted by Crippen LogP contribution is -2.45. The van der Waals surface area contributed by atoms with Gasteiger partial charge in [-0.25, -0.2) is 4.79 Å². The van der Waals surface area contributed by atoms with Gasteiger partial charge in [-0.3, -0.25) is 9.59 Å². The molecule has 162 valence electrons. The zero-order chi connectivity index (χ0) is 23.0. The van der Waals surface area contributed by atoms with Gasteiger partial charge in [0.15, 0.2) is 6.61 Å². The molecule has 0 aliphatic heterocycles. The van der Waals surface area contributed by atoms with Crippen molar-refractivity contribution in [3.8, 4) is 11.8 Å². The molecule has 31 heavy (non-hydrogen) atoms. The number of amides is 2. The number of carbonyl (C=O) groups is 3. The van der Waals surface area contributed by atoms with Gasteiger partial charge in [0.05, 0.1) is 18.4 Å². The van der Waals surface area contributed by atoms with E-state index in [1.54, 1.807) is 38.1 Å². The fourth-order valence-corrected chi connectivity index (χ4v) is 2.77. The molecule has 0 aliphatic rings. The van der Waals surface area contributed by atoms with E-state index < -0.39 is 30.4 Å². The third-order valence-electron chi connectivity index (χ3n) is 4.28. The first-order valence-corrected chi connectivity index (χ1v) is 9.74. The van der Waals surface area contributed by atoms with Gasteiger partial charge in [-0.15, -0.1) is 0 Å². The standard InChI is InChI=1S/C22H22ClN3O5/c1-13(2)20(26-21(28)14-5-8-17(30-3)9-6-14)22(29)31-12-19(27)25-18-10-16(23)7-4-15(18)11-24/h4-10,13,20H,12H2,1-3H3,(H,25,27)(H,26,28). The summed E-state index contributed by atoms with van der Waals surface area (Å²) in [5, 5.41) is 14.5. The molecule has 2 amide bonds. The summed E-state index contributed by atoms with van der Waals surface area (Å²) < 4.78 is 10.1. The number of nitriles is 1. The molecule has 1 unspecified atom stereocenters. The average molecular weight is 444 g/mol. The molecule has 0 saturated carbocycles. The van der Waals surface area contributed by atoms with Crippen molar-refractivity contribution >= 4 is 35.1 Å². The summed E-state index contributed by atoms with van der Waals surface area (Å²) in [6.45, 7) is 2.90. The third kappa shape index (κ3) is 6.73. The second-order valence-corrected chi connectivity index (χ2v) is 7.32. The maximum absolute atomic E-state index is 12.5. The van der Waals surface area contributed by atoms with Crippen molar-refractivity contribution in [1.82, 2.24) is 5.32 Å². The quantitative estimate of drug-likeness (QED) is 0.605. The molecule has 2 aromatic carbocycles. The third-order valence-corrected chi connectivity index (χ3v) is 4.52. The molecule has 9 heteroatoms. The number of esters is 1. The Kier molecular flexibility index (Phi) is 8.41. The van der Waals surface area contributed by atoms with Gasteiger partial charge in [-0.1, -0.05) is 25.4 Å². The number of rotatable bonds is 8. The zero-order valence-corrected chi connectivity index (χ0v) is 18.0. The number of benzene rings is 2. The molecule has 0 radical (unpaired) electrons. The molecule has 0 spiro atoms. The lowest BCUT2D eigenvalue weighted by Gasteiger charge is -2.21. The second kappa shape index (κ2) is 11.0. The summed E-state index contributed by atoms with van der Waals surface area (Å²) in [6, 6.07) is 11.8. The minimum Gasteiger partial charge on any atom is -0.497 e. The Morgan fingerprint density at radius 1 is 1.13 bits per heavy atom. The van der Waals surface area contributed by atoms with E-state index in [0.29, 0.717) is 16.3 Å². The van der Waals surface area contributed by atoms with Crippen LogP contribution in [0, 0.1) is 17.2 Å². The van der Waals surface area contributed by atoms with E-state index in [2.05, 4.69) is 10.6 Å². The smallest absolute Gasteiger partial charge is 0.329 e. The largest absolute Gasteiger partial charge is 0.497 e. The number of nitrogens with zero attached hydrogens (tertiary/aromatic N) is 1. The fraction of sp³-hybridized carbons (Fsp3) is 0.273. The first-order chi connectivity index (χ1) is 14.7. The first kappa shape index (κ1) is 23.7. The van der Waals surface area contributed by atoms with Gasteiger partial charge in [0.25, 0.3) is 11.8 Å². The molecule has 2 rings (SSSR count). The predicted molar refractivity (Wildman–Crippen MR) is 115 cm³/mol. The maximum Gasteiger partial charge on any atom is 0.329 e. The van der Waals surface area contributed by atoms with Gasteiger partial charge in [0.1, 0.15) is 17.9 Å². The van der Waals surface area contributed by atoms with Crippen LogP contribution in [0.4, 0.5) is 5.69 Å². The van der Waals surface area contributed by atoms with Crippen LogP contribution in [0.1, 0.15) is 29.8 Å². The van der Waals surface area contributed by atoms with Gasteiger partial charge < -0.3 is 20.1 Å². The van der Waals surface area contributed by atoms with Crippen LogP contribution in [0.25, 0.3) is 0 Å². The molecule has 8 nitrogen and oxygen atoms in total. The Morgan fingerprint density at radius 2 is 1.81 bits per heavy atom. The maximum atomic E-state index is 12.5. The van der Waals surface area contributed by atoms with E-state index in [-0.39, 0.29) is 17.2 Å². The van der Waals surface area contributed by atoms with Crippen molar-refractivity contribution in [1.29, 1.82) is 5.26 Å². The van der Waals surface area contributed by atoms with E-state index in [9.17, 15) is 14.4 Å². The highest BCUT2D eigenvalue weighted by Crippen LogP contribution is 2.20. The summed E-state index contributed by atoms with van der Waals surface area (Å²) in [5.74, 6) is -1.53. The van der Waals surface area contributed by atoms with Crippen LogP contribution in [0.15, 0.2) is 42.5 Å². The van der Waals surface area contributed by atoms with Crippen LogP contribution in [0.3, 0.4) is 0 Å². The van der Waals surface area contributed by atoms with Crippen molar-refractivity contribution < 1.29 is 23.9 Å². The van der Waals surface area contributed by atoms with Crippen LogP contribution in [-0.2, 0) is 14.3 Å². The Labute approximate surface area is 185 Å². The molecule has 0 bridgehead atoms. The van der Waals surface area contributed by atoms with Crippen LogP contribution in [0.2, 0.25) is 5.02 Å². The Balaban J connectivity index is 1.97. The average Bonchev–Trinajstić information content (AvgIpc) is 2.75. The monoisotopic (exact) mass is 443 g/mol. The van der Waals surface area contributed by atoms with Gasteiger partial charge >= 0.3 is 5.97 Å². The number of ether oxygens (including phenoxy) is 2. The summed E-state index contributed by atoms with van der Waals surface area (Å²) in [5.41, 5.74) is 0.780. The molecule has 0 saturated heterocycles. The lowest BCUT2D eigenvalue weighted by molar-refractivity contribution is -0.150. The number of halogens is 1. The van der Waals surface area contributed by atoms with Gasteiger partial charge in [0.2, 0.25) is 0 Å². The van der Waals surface area contributed by atoms with Crippen LogP contribution < -0.4 is 15.4 Å². The Morgan fingerprint density at radius 3 is 2.39 bits per heavy atom. The number of hydrogen-bond acceptors (Lipinski definition) is 6. The second-order valence-electron chi connectivity index (χ2n) is 6.88. The molecule has 0 heterocycles. The highest BCUT2D eigenvalue weighted by molar-refractivity contribution is 6.31. The Hall–Kier alpha value is -3.57. The van der Waals surface area contributed by atoms with Crippen molar-refractivity contribution in [3.05, 3.63) is 58.6 Å². The van der Waals surface area contributed by atoms with Crippen molar-refractivity contribution in [3.63, 3.8) is 0 Å². The summed E-state index contributed by atoms with van der Waals surface area (Å²) >= 11 is 5.88. The SMILES string of the molecule is COc1ccc(C(=O)NC(C(=O)OCC(=O)Nc2cc(Cl)ccc2C#N)C(C)C)cc1. The molecule has 2 N–H and O–H groups in total. The summed E-state index contributed by atoms with van der Waals surface area (Å²) in [4.78, 5) is 37.1.